The highest BCUT2D eigenvalue weighted by molar-refractivity contribution is 5.46. The van der Waals surface area contributed by atoms with Crippen molar-refractivity contribution in [1.29, 1.82) is 0 Å². The SMILES string of the molecule is Cc1n[nH]c(C)c1/N=N/c1ccc(OC(C)C)cc1. The van der Waals surface area contributed by atoms with Crippen molar-refractivity contribution in [2.75, 3.05) is 0 Å². The largest absolute Gasteiger partial charge is 0.491 e. The second kappa shape index (κ2) is 5.65. The average Bonchev–Trinajstić information content (AvgIpc) is 2.68. The van der Waals surface area contributed by atoms with Crippen molar-refractivity contribution in [2.24, 2.45) is 10.2 Å². The van der Waals surface area contributed by atoms with E-state index in [0.29, 0.717) is 0 Å². The highest BCUT2D eigenvalue weighted by Gasteiger charge is 2.04. The van der Waals surface area contributed by atoms with Crippen LogP contribution in [0.15, 0.2) is 34.5 Å². The first kappa shape index (κ1) is 13.3. The lowest BCUT2D eigenvalue weighted by atomic mass is 10.3. The summed E-state index contributed by atoms with van der Waals surface area (Å²) >= 11 is 0. The molecule has 0 atom stereocenters. The lowest BCUT2D eigenvalue weighted by molar-refractivity contribution is 0.242. The Hall–Kier alpha value is -2.17. The van der Waals surface area contributed by atoms with Crippen LogP contribution >= 0.6 is 0 Å². The molecule has 0 aliphatic heterocycles. The van der Waals surface area contributed by atoms with Crippen LogP contribution in [-0.2, 0) is 0 Å². The number of rotatable bonds is 4. The van der Waals surface area contributed by atoms with Crippen LogP contribution in [0, 0.1) is 13.8 Å². The maximum atomic E-state index is 5.57. The van der Waals surface area contributed by atoms with Crippen molar-refractivity contribution < 1.29 is 4.74 Å². The zero-order chi connectivity index (χ0) is 13.8. The van der Waals surface area contributed by atoms with Gasteiger partial charge in [0, 0.05) is 0 Å². The molecule has 2 aromatic rings. The van der Waals surface area contributed by atoms with Gasteiger partial charge in [-0.15, -0.1) is 5.11 Å². The Morgan fingerprint density at radius 3 is 2.32 bits per heavy atom. The van der Waals surface area contributed by atoms with E-state index in [1.807, 2.05) is 52.0 Å². The first-order chi connectivity index (χ1) is 9.06. The predicted molar refractivity (Wildman–Crippen MR) is 74.4 cm³/mol. The van der Waals surface area contributed by atoms with Gasteiger partial charge >= 0.3 is 0 Å². The molecule has 2 rings (SSSR count). The first-order valence-electron chi connectivity index (χ1n) is 6.26. The van der Waals surface area contributed by atoms with Gasteiger partial charge in [0.1, 0.15) is 11.4 Å². The Morgan fingerprint density at radius 1 is 1.11 bits per heavy atom. The fourth-order valence-corrected chi connectivity index (χ4v) is 1.66. The molecule has 0 saturated carbocycles. The molecule has 0 aliphatic rings. The number of benzene rings is 1. The van der Waals surface area contributed by atoms with Crippen LogP contribution in [-0.4, -0.2) is 16.3 Å². The number of ether oxygens (including phenoxy) is 1. The molecule has 0 radical (unpaired) electrons. The number of hydrogen-bond acceptors (Lipinski definition) is 4. The van der Waals surface area contributed by atoms with Crippen molar-refractivity contribution in [2.45, 2.75) is 33.8 Å². The van der Waals surface area contributed by atoms with Gasteiger partial charge in [0.2, 0.25) is 0 Å². The summed E-state index contributed by atoms with van der Waals surface area (Å²) in [7, 11) is 0. The third-order valence-corrected chi connectivity index (χ3v) is 2.56. The van der Waals surface area contributed by atoms with Gasteiger partial charge in [-0.3, -0.25) is 5.10 Å². The van der Waals surface area contributed by atoms with Crippen molar-refractivity contribution in [3.63, 3.8) is 0 Å². The monoisotopic (exact) mass is 258 g/mol. The zero-order valence-electron chi connectivity index (χ0n) is 11.6. The minimum Gasteiger partial charge on any atom is -0.491 e. The summed E-state index contributed by atoms with van der Waals surface area (Å²) in [5, 5.41) is 15.4. The number of hydrogen-bond donors (Lipinski definition) is 1. The number of aromatic amines is 1. The molecule has 19 heavy (non-hydrogen) atoms. The molecule has 0 unspecified atom stereocenters. The van der Waals surface area contributed by atoms with E-state index in [2.05, 4.69) is 20.4 Å². The van der Waals surface area contributed by atoms with Crippen LogP contribution in [0.5, 0.6) is 5.75 Å². The molecule has 0 amide bonds. The van der Waals surface area contributed by atoms with Crippen molar-refractivity contribution in [3.8, 4) is 5.75 Å². The van der Waals surface area contributed by atoms with Gasteiger partial charge in [0.15, 0.2) is 0 Å². The maximum Gasteiger partial charge on any atom is 0.129 e. The van der Waals surface area contributed by atoms with Gasteiger partial charge < -0.3 is 4.74 Å². The smallest absolute Gasteiger partial charge is 0.129 e. The molecule has 0 bridgehead atoms. The Labute approximate surface area is 112 Å². The first-order valence-corrected chi connectivity index (χ1v) is 6.26. The van der Waals surface area contributed by atoms with E-state index in [9.17, 15) is 0 Å². The molecule has 1 aromatic heterocycles. The fourth-order valence-electron chi connectivity index (χ4n) is 1.66. The van der Waals surface area contributed by atoms with Gasteiger partial charge in [-0.1, -0.05) is 0 Å². The Bertz CT molecular complexity index is 550. The third-order valence-electron chi connectivity index (χ3n) is 2.56. The average molecular weight is 258 g/mol. The lowest BCUT2D eigenvalue weighted by Crippen LogP contribution is -2.04. The second-order valence-electron chi connectivity index (χ2n) is 4.64. The topological polar surface area (TPSA) is 62.6 Å². The Kier molecular flexibility index (Phi) is 3.94. The highest BCUT2D eigenvalue weighted by Crippen LogP contribution is 2.24. The molecular weight excluding hydrogens is 240 g/mol. The minimum absolute atomic E-state index is 0.170. The Balaban J connectivity index is 2.11. The number of nitrogens with one attached hydrogen (secondary N) is 1. The summed E-state index contributed by atoms with van der Waals surface area (Å²) in [6.07, 6.45) is 0.170. The molecule has 1 heterocycles. The normalized spacial score (nSPS) is 11.4. The molecule has 100 valence electrons. The summed E-state index contributed by atoms with van der Waals surface area (Å²) in [6.45, 7) is 7.82. The molecule has 5 heteroatoms. The molecule has 0 aliphatic carbocycles. The summed E-state index contributed by atoms with van der Waals surface area (Å²) in [6, 6.07) is 7.55. The van der Waals surface area contributed by atoms with Crippen molar-refractivity contribution in [3.05, 3.63) is 35.7 Å². The van der Waals surface area contributed by atoms with E-state index < -0.39 is 0 Å². The van der Waals surface area contributed by atoms with E-state index in [-0.39, 0.29) is 6.10 Å². The molecule has 0 saturated heterocycles. The summed E-state index contributed by atoms with van der Waals surface area (Å²) in [4.78, 5) is 0. The van der Waals surface area contributed by atoms with Crippen LogP contribution in [0.2, 0.25) is 0 Å². The molecule has 1 N–H and O–H groups in total. The van der Waals surface area contributed by atoms with Crippen LogP contribution in [0.1, 0.15) is 25.2 Å². The van der Waals surface area contributed by atoms with Gasteiger partial charge in [-0.25, -0.2) is 0 Å². The standard InChI is InChI=1S/C14H18N4O/c1-9(2)19-13-7-5-12(6-8-13)17-18-14-10(3)15-16-11(14)4/h5-9H,1-4H3,(H,15,16)/b18-17+. The third kappa shape index (κ3) is 3.40. The van der Waals surface area contributed by atoms with E-state index in [0.717, 1.165) is 28.5 Å². The summed E-state index contributed by atoms with van der Waals surface area (Å²) < 4.78 is 5.57. The second-order valence-corrected chi connectivity index (χ2v) is 4.64. The van der Waals surface area contributed by atoms with Crippen LogP contribution in [0.25, 0.3) is 0 Å². The van der Waals surface area contributed by atoms with Gasteiger partial charge in [-0.05, 0) is 52.0 Å². The minimum atomic E-state index is 0.170. The quantitative estimate of drug-likeness (QED) is 0.834. The van der Waals surface area contributed by atoms with Crippen LogP contribution < -0.4 is 4.74 Å². The van der Waals surface area contributed by atoms with Crippen LogP contribution in [0.4, 0.5) is 11.4 Å². The number of azo groups is 1. The van der Waals surface area contributed by atoms with Gasteiger partial charge in [-0.2, -0.15) is 10.2 Å². The number of aryl methyl sites for hydroxylation is 2. The molecule has 5 nitrogen and oxygen atoms in total. The fraction of sp³-hybridized carbons (Fsp3) is 0.357. The van der Waals surface area contributed by atoms with E-state index in [4.69, 9.17) is 4.74 Å². The Morgan fingerprint density at radius 2 is 1.79 bits per heavy atom. The van der Waals surface area contributed by atoms with Crippen molar-refractivity contribution >= 4 is 11.4 Å². The van der Waals surface area contributed by atoms with Gasteiger partial charge in [0.05, 0.1) is 23.2 Å². The molecular formula is C14H18N4O. The van der Waals surface area contributed by atoms with E-state index in [1.165, 1.54) is 0 Å². The maximum absolute atomic E-state index is 5.57. The van der Waals surface area contributed by atoms with Gasteiger partial charge in [0.25, 0.3) is 0 Å². The number of nitrogens with zero attached hydrogens (tertiary/aromatic N) is 3. The van der Waals surface area contributed by atoms with E-state index >= 15 is 0 Å². The van der Waals surface area contributed by atoms with Crippen molar-refractivity contribution in [1.82, 2.24) is 10.2 Å². The van der Waals surface area contributed by atoms with E-state index in [1.54, 1.807) is 0 Å². The summed E-state index contributed by atoms with van der Waals surface area (Å²) in [5.74, 6) is 0.838. The predicted octanol–water partition coefficient (Wildman–Crippen LogP) is 4.23. The number of aromatic nitrogens is 2. The highest BCUT2D eigenvalue weighted by atomic mass is 16.5. The molecule has 0 spiro atoms. The molecule has 1 aromatic carbocycles. The van der Waals surface area contributed by atoms with Crippen LogP contribution in [0.3, 0.4) is 0 Å². The summed E-state index contributed by atoms with van der Waals surface area (Å²) in [5.41, 5.74) is 3.35. The number of H-pyrrole nitrogens is 1. The lowest BCUT2D eigenvalue weighted by Gasteiger charge is -2.08. The zero-order valence-corrected chi connectivity index (χ0v) is 11.6. The molecule has 0 fully saturated rings.